The van der Waals surface area contributed by atoms with Crippen molar-refractivity contribution in [1.29, 1.82) is 0 Å². The first kappa shape index (κ1) is 17.9. The van der Waals surface area contributed by atoms with Gasteiger partial charge in [0.15, 0.2) is 11.0 Å². The van der Waals surface area contributed by atoms with Crippen LogP contribution in [0.3, 0.4) is 0 Å². The second kappa shape index (κ2) is 7.96. The molecule has 0 radical (unpaired) electrons. The molecule has 0 aliphatic carbocycles. The fraction of sp³-hybridized carbons (Fsp3) is 0.118. The lowest BCUT2D eigenvalue weighted by molar-refractivity contribution is -0.113. The molecule has 3 rings (SSSR count). The molecule has 128 valence electrons. The predicted octanol–water partition coefficient (Wildman–Crippen LogP) is 3.96. The first-order valence-electron chi connectivity index (χ1n) is 7.37. The highest BCUT2D eigenvalue weighted by Crippen LogP contribution is 2.24. The third-order valence-electron chi connectivity index (χ3n) is 3.41. The number of nitrogens with one attached hydrogen (secondary N) is 1. The van der Waals surface area contributed by atoms with Gasteiger partial charge in [-0.1, -0.05) is 23.9 Å². The van der Waals surface area contributed by atoms with E-state index in [4.69, 9.17) is 0 Å². The zero-order valence-electron chi connectivity index (χ0n) is 13.2. The number of anilines is 1. The summed E-state index contributed by atoms with van der Waals surface area (Å²) in [5.41, 5.74) is 1.13. The molecule has 3 aromatic rings. The fourth-order valence-corrected chi connectivity index (χ4v) is 3.25. The van der Waals surface area contributed by atoms with Crippen LogP contribution in [0.15, 0.2) is 53.7 Å². The number of rotatable bonds is 5. The Hall–Kier alpha value is -1.94. The Labute approximate surface area is 162 Å². The zero-order chi connectivity index (χ0) is 17.8. The number of carbonyl (C=O) groups is 1. The normalized spacial score (nSPS) is 10.7. The Balaban J connectivity index is 1.65. The van der Waals surface area contributed by atoms with Gasteiger partial charge in [-0.15, -0.1) is 10.2 Å². The summed E-state index contributed by atoms with van der Waals surface area (Å²) < 4.78 is 16.7. The van der Waals surface area contributed by atoms with Crippen molar-refractivity contribution >= 4 is 45.9 Å². The number of aromatic nitrogens is 3. The van der Waals surface area contributed by atoms with E-state index in [0.29, 0.717) is 16.5 Å². The molecule has 1 heterocycles. The molecule has 0 fully saturated rings. The van der Waals surface area contributed by atoms with Crippen molar-refractivity contribution < 1.29 is 9.18 Å². The molecule has 0 aliphatic rings. The van der Waals surface area contributed by atoms with E-state index in [9.17, 15) is 9.18 Å². The Kier molecular flexibility index (Phi) is 5.69. The molecular weight excluding hydrogens is 454 g/mol. The first-order valence-corrected chi connectivity index (χ1v) is 9.43. The average Bonchev–Trinajstić information content (AvgIpc) is 2.96. The molecule has 0 aliphatic heterocycles. The Bertz CT molecular complexity index is 898. The Morgan fingerprint density at radius 1 is 1.20 bits per heavy atom. The molecular formula is C17H14FIN4OS. The quantitative estimate of drug-likeness (QED) is 0.455. The number of halogens is 2. The summed E-state index contributed by atoms with van der Waals surface area (Å²) in [5.74, 6) is 0.126. The largest absolute Gasteiger partial charge is 0.325 e. The molecule has 0 atom stereocenters. The van der Waals surface area contributed by atoms with E-state index in [-0.39, 0.29) is 17.5 Å². The van der Waals surface area contributed by atoms with E-state index in [0.717, 1.165) is 9.26 Å². The summed E-state index contributed by atoms with van der Waals surface area (Å²) in [7, 11) is 1.75. The van der Waals surface area contributed by atoms with Gasteiger partial charge in [0.05, 0.1) is 11.3 Å². The van der Waals surface area contributed by atoms with Crippen molar-refractivity contribution in [3.05, 3.63) is 57.9 Å². The molecule has 1 aromatic heterocycles. The van der Waals surface area contributed by atoms with Crippen molar-refractivity contribution in [1.82, 2.24) is 14.8 Å². The van der Waals surface area contributed by atoms with E-state index in [1.165, 1.54) is 17.8 Å². The van der Waals surface area contributed by atoms with Crippen LogP contribution in [0.2, 0.25) is 0 Å². The lowest BCUT2D eigenvalue weighted by atomic mass is 10.2. The highest BCUT2D eigenvalue weighted by molar-refractivity contribution is 14.1. The third kappa shape index (κ3) is 4.37. The van der Waals surface area contributed by atoms with Crippen molar-refractivity contribution in [2.24, 2.45) is 7.05 Å². The van der Waals surface area contributed by atoms with Crippen LogP contribution in [-0.4, -0.2) is 26.4 Å². The minimum absolute atomic E-state index is 0.137. The highest BCUT2D eigenvalue weighted by atomic mass is 127. The molecule has 2 aromatic carbocycles. The number of thioether (sulfide) groups is 1. The Morgan fingerprint density at radius 2 is 1.92 bits per heavy atom. The van der Waals surface area contributed by atoms with Crippen LogP contribution in [-0.2, 0) is 11.8 Å². The predicted molar refractivity (Wildman–Crippen MR) is 105 cm³/mol. The van der Waals surface area contributed by atoms with Crippen LogP contribution in [0.1, 0.15) is 0 Å². The lowest BCUT2D eigenvalue weighted by Crippen LogP contribution is -2.14. The topological polar surface area (TPSA) is 59.8 Å². The summed E-state index contributed by atoms with van der Waals surface area (Å²) in [6, 6.07) is 13.9. The molecule has 5 nitrogen and oxygen atoms in total. The van der Waals surface area contributed by atoms with Gasteiger partial charge in [-0.2, -0.15) is 0 Å². The second-order valence-corrected chi connectivity index (χ2v) is 7.38. The van der Waals surface area contributed by atoms with Gasteiger partial charge in [0.2, 0.25) is 5.91 Å². The average molecular weight is 468 g/mol. The van der Waals surface area contributed by atoms with Gasteiger partial charge in [0.1, 0.15) is 5.82 Å². The van der Waals surface area contributed by atoms with Gasteiger partial charge in [-0.25, -0.2) is 4.39 Å². The van der Waals surface area contributed by atoms with E-state index in [2.05, 4.69) is 38.1 Å². The third-order valence-corrected chi connectivity index (χ3v) is 5.15. The minimum atomic E-state index is -0.356. The molecule has 8 heteroatoms. The van der Waals surface area contributed by atoms with Crippen molar-refractivity contribution in [3.63, 3.8) is 0 Å². The van der Waals surface area contributed by atoms with Crippen LogP contribution >= 0.6 is 34.4 Å². The summed E-state index contributed by atoms with van der Waals surface area (Å²) in [4.78, 5) is 12.1. The van der Waals surface area contributed by atoms with Gasteiger partial charge in [0, 0.05) is 16.3 Å². The monoisotopic (exact) mass is 468 g/mol. The fourth-order valence-electron chi connectivity index (χ4n) is 2.18. The first-order chi connectivity index (χ1) is 12.0. The second-order valence-electron chi connectivity index (χ2n) is 5.19. The standard InChI is InChI=1S/C17H14FIN4OS/c1-23-16(13-4-2-3-5-14(13)18)21-22-17(23)25-10-15(24)20-12-8-6-11(19)7-9-12/h2-9H,10H2,1H3,(H,20,24). The molecule has 25 heavy (non-hydrogen) atoms. The number of nitrogens with zero attached hydrogens (tertiary/aromatic N) is 3. The van der Waals surface area contributed by atoms with Crippen LogP contribution in [0, 0.1) is 9.39 Å². The van der Waals surface area contributed by atoms with Crippen LogP contribution in [0.4, 0.5) is 10.1 Å². The van der Waals surface area contributed by atoms with Gasteiger partial charge in [0.25, 0.3) is 0 Å². The molecule has 0 saturated carbocycles. The van der Waals surface area contributed by atoms with E-state index in [1.807, 2.05) is 24.3 Å². The van der Waals surface area contributed by atoms with Crippen molar-refractivity contribution in [2.75, 3.05) is 11.1 Å². The summed E-state index contributed by atoms with van der Waals surface area (Å²) >= 11 is 3.46. The highest BCUT2D eigenvalue weighted by Gasteiger charge is 2.15. The number of amides is 1. The van der Waals surface area contributed by atoms with Crippen LogP contribution in [0.25, 0.3) is 11.4 Å². The number of hydrogen-bond acceptors (Lipinski definition) is 4. The van der Waals surface area contributed by atoms with Gasteiger partial charge >= 0.3 is 0 Å². The Morgan fingerprint density at radius 3 is 2.64 bits per heavy atom. The molecule has 1 N–H and O–H groups in total. The number of benzene rings is 2. The number of hydrogen-bond donors (Lipinski definition) is 1. The summed E-state index contributed by atoms with van der Waals surface area (Å²) in [6.07, 6.45) is 0. The van der Waals surface area contributed by atoms with Crippen LogP contribution < -0.4 is 5.32 Å². The van der Waals surface area contributed by atoms with E-state index < -0.39 is 0 Å². The van der Waals surface area contributed by atoms with Crippen LogP contribution in [0.5, 0.6) is 0 Å². The van der Waals surface area contributed by atoms with Gasteiger partial charge in [-0.05, 0) is 59.0 Å². The zero-order valence-corrected chi connectivity index (χ0v) is 16.2. The maximum Gasteiger partial charge on any atom is 0.234 e. The molecule has 0 spiro atoms. The smallest absolute Gasteiger partial charge is 0.234 e. The molecule has 1 amide bonds. The summed E-state index contributed by atoms with van der Waals surface area (Å²) in [6.45, 7) is 0. The van der Waals surface area contributed by atoms with Crippen molar-refractivity contribution in [2.45, 2.75) is 5.16 Å². The molecule has 0 bridgehead atoms. The minimum Gasteiger partial charge on any atom is -0.325 e. The maximum absolute atomic E-state index is 13.9. The van der Waals surface area contributed by atoms with Gasteiger partial charge in [-0.3, -0.25) is 4.79 Å². The molecule has 0 saturated heterocycles. The summed E-state index contributed by atoms with van der Waals surface area (Å²) in [5, 5.41) is 11.5. The lowest BCUT2D eigenvalue weighted by Gasteiger charge is -2.06. The van der Waals surface area contributed by atoms with Gasteiger partial charge < -0.3 is 9.88 Å². The van der Waals surface area contributed by atoms with E-state index >= 15 is 0 Å². The SMILES string of the molecule is Cn1c(SCC(=O)Nc2ccc(I)cc2)nnc1-c1ccccc1F. The number of carbonyl (C=O) groups excluding carboxylic acids is 1. The maximum atomic E-state index is 13.9. The van der Waals surface area contributed by atoms with E-state index in [1.54, 1.807) is 29.8 Å². The van der Waals surface area contributed by atoms with Crippen molar-refractivity contribution in [3.8, 4) is 11.4 Å². The molecule has 0 unspecified atom stereocenters.